The van der Waals surface area contributed by atoms with Crippen molar-refractivity contribution in [2.75, 3.05) is 13.2 Å². The van der Waals surface area contributed by atoms with E-state index in [0.29, 0.717) is 38.5 Å². The Morgan fingerprint density at radius 3 is 1.85 bits per heavy atom. The SMILES string of the molecule is CC1(C)CC2C3=CCC4C5(C)CCC(OC6OC(C(=O)O)C(O)C(O)C6OC6OC(CO)C(O)C(O)C6O)C(C)(C)C5CCC4(C)C3(C)CCC2(C(=O)OC2OC(CO)C(O)C(O)C2O)CC1O. The largest absolute Gasteiger partial charge is 0.479 e. The van der Waals surface area contributed by atoms with Crippen molar-refractivity contribution >= 4 is 11.9 Å². The summed E-state index contributed by atoms with van der Waals surface area (Å²) in [7, 11) is 0. The molecule has 5 aliphatic carbocycles. The van der Waals surface area contributed by atoms with E-state index < -0.39 is 151 Å². The van der Waals surface area contributed by atoms with Crippen LogP contribution in [0.1, 0.15) is 106 Å². The molecule has 0 amide bonds. The summed E-state index contributed by atoms with van der Waals surface area (Å²) in [6.07, 6.45) is -19.8. The van der Waals surface area contributed by atoms with E-state index in [1.54, 1.807) is 0 Å². The molecule has 3 heterocycles. The van der Waals surface area contributed by atoms with Crippen molar-refractivity contribution < 1.29 is 99.3 Å². The van der Waals surface area contributed by atoms with Gasteiger partial charge in [-0.1, -0.05) is 60.1 Å². The lowest BCUT2D eigenvalue weighted by Gasteiger charge is -2.71. The molecule has 388 valence electrons. The second kappa shape index (κ2) is 18.2. The Hall–Kier alpha value is -1.96. The van der Waals surface area contributed by atoms with Crippen LogP contribution >= 0.6 is 0 Å². The molecule has 4 saturated carbocycles. The number of fused-ring (bicyclic) bond motifs is 7. The number of allylic oxidation sites excluding steroid dienone is 2. The van der Waals surface area contributed by atoms with Gasteiger partial charge in [0, 0.05) is 0 Å². The third-order valence-electron chi connectivity index (χ3n) is 19.5. The van der Waals surface area contributed by atoms with E-state index in [2.05, 4.69) is 40.7 Å². The zero-order valence-electron chi connectivity index (χ0n) is 40.0. The summed E-state index contributed by atoms with van der Waals surface area (Å²) in [6, 6.07) is 0. The highest BCUT2D eigenvalue weighted by Crippen LogP contribution is 2.76. The molecule has 20 nitrogen and oxygen atoms in total. The number of ether oxygens (including phenoxy) is 6. The number of hydrogen-bond acceptors (Lipinski definition) is 19. The molecule has 3 aliphatic heterocycles. The number of carboxylic acids is 1. The van der Waals surface area contributed by atoms with Crippen molar-refractivity contribution in [1.82, 2.24) is 0 Å². The number of aliphatic hydroxyl groups excluding tert-OH is 11. The van der Waals surface area contributed by atoms with Gasteiger partial charge in [-0.15, -0.1) is 0 Å². The number of rotatable bonds is 9. The van der Waals surface area contributed by atoms with Gasteiger partial charge in [0.25, 0.3) is 0 Å². The Morgan fingerprint density at radius 1 is 0.647 bits per heavy atom. The Labute approximate surface area is 396 Å². The Kier molecular flexibility index (Phi) is 14.0. The summed E-state index contributed by atoms with van der Waals surface area (Å²) in [5.41, 5.74) is -2.17. The Bertz CT molecular complexity index is 1910. The topological polar surface area (TPSA) is 332 Å². The van der Waals surface area contributed by atoms with Crippen molar-refractivity contribution in [3.63, 3.8) is 0 Å². The smallest absolute Gasteiger partial charge is 0.335 e. The van der Waals surface area contributed by atoms with Crippen LogP contribution in [0.25, 0.3) is 0 Å². The minimum atomic E-state index is -1.99. The molecule has 7 fully saturated rings. The number of carbonyl (C=O) groups excluding carboxylic acids is 1. The first-order chi connectivity index (χ1) is 31.6. The van der Waals surface area contributed by atoms with Crippen LogP contribution in [-0.2, 0) is 38.0 Å². The van der Waals surface area contributed by atoms with Gasteiger partial charge in [0.1, 0.15) is 67.1 Å². The molecule has 12 N–H and O–H groups in total. The molecule has 20 heteroatoms. The maximum absolute atomic E-state index is 14.7. The quantitative estimate of drug-likeness (QED) is 0.0765. The number of esters is 1. The molecule has 68 heavy (non-hydrogen) atoms. The summed E-state index contributed by atoms with van der Waals surface area (Å²) in [4.78, 5) is 27.0. The lowest BCUT2D eigenvalue weighted by atomic mass is 9.33. The number of hydrogen-bond donors (Lipinski definition) is 12. The normalized spacial score (nSPS) is 53.1. The zero-order valence-corrected chi connectivity index (χ0v) is 40.0. The minimum Gasteiger partial charge on any atom is -0.479 e. The van der Waals surface area contributed by atoms with Gasteiger partial charge < -0.3 is 89.7 Å². The average molecular weight is 973 g/mol. The van der Waals surface area contributed by atoms with Crippen LogP contribution in [0, 0.1) is 50.2 Å². The maximum atomic E-state index is 14.7. The van der Waals surface area contributed by atoms with Crippen molar-refractivity contribution in [2.24, 2.45) is 50.2 Å². The first-order valence-electron chi connectivity index (χ1n) is 24.4. The monoisotopic (exact) mass is 972 g/mol. The third kappa shape index (κ3) is 7.94. The molecule has 0 aromatic rings. The van der Waals surface area contributed by atoms with Gasteiger partial charge >= 0.3 is 11.9 Å². The number of carboxylic acid groups (broad SMARTS) is 1. The van der Waals surface area contributed by atoms with Crippen LogP contribution in [0.3, 0.4) is 0 Å². The molecular weight excluding hydrogens is 897 g/mol. The molecule has 0 radical (unpaired) electrons. The number of carbonyl (C=O) groups is 2. The predicted molar refractivity (Wildman–Crippen MR) is 232 cm³/mol. The lowest BCUT2D eigenvalue weighted by Crippen LogP contribution is -2.67. The molecule has 0 spiro atoms. The molecule has 8 rings (SSSR count). The molecule has 0 aromatic carbocycles. The molecule has 24 unspecified atom stereocenters. The molecule has 3 saturated heterocycles. The van der Waals surface area contributed by atoms with Gasteiger partial charge in [0.15, 0.2) is 18.7 Å². The Balaban J connectivity index is 1.06. The summed E-state index contributed by atoms with van der Waals surface area (Å²) >= 11 is 0. The van der Waals surface area contributed by atoms with E-state index >= 15 is 0 Å². The van der Waals surface area contributed by atoms with Gasteiger partial charge in [-0.25, -0.2) is 4.79 Å². The second-order valence-electron chi connectivity index (χ2n) is 23.5. The second-order valence-corrected chi connectivity index (χ2v) is 23.5. The van der Waals surface area contributed by atoms with Crippen LogP contribution in [0.2, 0.25) is 0 Å². The third-order valence-corrected chi connectivity index (χ3v) is 19.5. The van der Waals surface area contributed by atoms with E-state index in [1.165, 1.54) is 0 Å². The summed E-state index contributed by atoms with van der Waals surface area (Å²) in [6.45, 7) is 13.7. The molecule has 8 aliphatic rings. The van der Waals surface area contributed by atoms with Crippen molar-refractivity contribution in [3.05, 3.63) is 11.6 Å². The first kappa shape index (κ1) is 52.4. The van der Waals surface area contributed by atoms with Crippen LogP contribution in [0.15, 0.2) is 11.6 Å². The highest BCUT2D eigenvalue weighted by Gasteiger charge is 2.71. The fraction of sp³-hybridized carbons (Fsp3) is 0.917. The standard InChI is InChI=1S/C48H76O20/c1-43(2)16-21-20-8-9-25-45(5)12-11-27(65-41-37(33(57)32(56)36(66-41)38(60)61)67-39-34(58)30(54)28(52)22(18-49)63-39)44(3,4)24(45)10-13-47(25,7)46(20,6)14-15-48(21,17-26(43)51)42(62)68-40-35(59)31(55)29(53)23(19-50)64-40/h8,21-37,39-41,49-59H,9-19H2,1-7H3,(H,60,61). The Morgan fingerprint density at radius 2 is 1.25 bits per heavy atom. The first-order valence-corrected chi connectivity index (χ1v) is 24.4. The summed E-state index contributed by atoms with van der Waals surface area (Å²) < 4.78 is 35.6. The van der Waals surface area contributed by atoms with E-state index in [9.17, 15) is 70.9 Å². The molecule has 0 bridgehead atoms. The number of aliphatic hydroxyl groups is 11. The van der Waals surface area contributed by atoms with E-state index in [0.717, 1.165) is 18.4 Å². The van der Waals surface area contributed by atoms with Gasteiger partial charge in [-0.2, -0.15) is 0 Å². The van der Waals surface area contributed by atoms with Gasteiger partial charge in [0.2, 0.25) is 6.29 Å². The van der Waals surface area contributed by atoms with Gasteiger partial charge in [-0.3, -0.25) is 4.79 Å². The van der Waals surface area contributed by atoms with Crippen LogP contribution in [0.4, 0.5) is 0 Å². The minimum absolute atomic E-state index is 0.0459. The molecular formula is C48H76O20. The van der Waals surface area contributed by atoms with E-state index in [-0.39, 0.29) is 35.0 Å². The maximum Gasteiger partial charge on any atom is 0.335 e. The highest BCUT2D eigenvalue weighted by molar-refractivity contribution is 5.79. The van der Waals surface area contributed by atoms with E-state index in [1.807, 2.05) is 13.8 Å². The van der Waals surface area contributed by atoms with Crippen molar-refractivity contribution in [2.45, 2.75) is 211 Å². The van der Waals surface area contributed by atoms with Crippen LogP contribution < -0.4 is 0 Å². The predicted octanol–water partition coefficient (Wildman–Crippen LogP) is -0.796. The molecule has 0 aromatic heterocycles. The van der Waals surface area contributed by atoms with Gasteiger partial charge in [0.05, 0.1) is 30.8 Å². The zero-order chi connectivity index (χ0) is 50.0. The number of aliphatic carboxylic acids is 1. The lowest BCUT2D eigenvalue weighted by molar-refractivity contribution is -0.374. The van der Waals surface area contributed by atoms with E-state index in [4.69, 9.17) is 28.4 Å². The van der Waals surface area contributed by atoms with Crippen molar-refractivity contribution in [1.29, 1.82) is 0 Å². The summed E-state index contributed by atoms with van der Waals surface area (Å²) in [5.74, 6) is -2.38. The van der Waals surface area contributed by atoms with Crippen molar-refractivity contribution in [3.8, 4) is 0 Å². The van der Waals surface area contributed by atoms with Crippen LogP contribution in [-0.4, -0.2) is 191 Å². The fourth-order valence-electron chi connectivity index (χ4n) is 15.0. The summed E-state index contributed by atoms with van der Waals surface area (Å²) in [5, 5.41) is 127. The average Bonchev–Trinajstić information content (AvgIpc) is 3.27. The highest BCUT2D eigenvalue weighted by atomic mass is 16.8. The fourth-order valence-corrected chi connectivity index (χ4v) is 15.0. The van der Waals surface area contributed by atoms with Crippen LogP contribution in [0.5, 0.6) is 0 Å². The molecule has 24 atom stereocenters. The van der Waals surface area contributed by atoms with Gasteiger partial charge in [-0.05, 0) is 103 Å².